The highest BCUT2D eigenvalue weighted by molar-refractivity contribution is 6.34. The summed E-state index contributed by atoms with van der Waals surface area (Å²) in [7, 11) is 0. The Balaban J connectivity index is 3.02. The number of hydrogen-bond donors (Lipinski definition) is 3. The number of aliphatic carboxylic acids is 1. The molecule has 1 rings (SSSR count). The first-order valence-corrected chi connectivity index (χ1v) is 5.86. The van der Waals surface area contributed by atoms with Crippen LogP contribution in [0.15, 0.2) is 18.2 Å². The summed E-state index contributed by atoms with van der Waals surface area (Å²) in [5.74, 6) is -3.35. The Kier molecular flexibility index (Phi) is 5.19. The minimum Gasteiger partial charge on any atom is -0.480 e. The molecule has 1 aromatic rings. The molecule has 0 heterocycles. The summed E-state index contributed by atoms with van der Waals surface area (Å²) >= 11 is 5.74. The van der Waals surface area contributed by atoms with Gasteiger partial charge in [-0.1, -0.05) is 11.6 Å². The molecule has 0 aliphatic carbocycles. The molecule has 1 unspecified atom stereocenters. The minimum absolute atomic E-state index is 0.0960. The molecule has 1 atom stereocenters. The molecule has 0 saturated heterocycles. The number of halogens is 1. The summed E-state index contributed by atoms with van der Waals surface area (Å²) in [6.07, 6.45) is -0.617. The summed E-state index contributed by atoms with van der Waals surface area (Å²) in [6, 6.07) is 1.58. The van der Waals surface area contributed by atoms with Crippen LogP contribution in [0.3, 0.4) is 0 Å². The molecule has 10 heteroatoms. The number of nitro groups is 1. The number of amides is 2. The number of carboxylic acids is 1. The fourth-order valence-electron chi connectivity index (χ4n) is 1.44. The fourth-order valence-corrected chi connectivity index (χ4v) is 1.64. The first-order valence-electron chi connectivity index (χ1n) is 5.48. The molecular formula is C11H10ClN3O6. The van der Waals surface area contributed by atoms with Crippen molar-refractivity contribution in [1.82, 2.24) is 5.32 Å². The third-order valence-electron chi connectivity index (χ3n) is 2.41. The second-order valence-electron chi connectivity index (χ2n) is 3.96. The van der Waals surface area contributed by atoms with E-state index in [2.05, 4.69) is 0 Å². The van der Waals surface area contributed by atoms with Crippen molar-refractivity contribution in [3.05, 3.63) is 38.9 Å². The smallest absolute Gasteiger partial charge is 0.326 e. The summed E-state index contributed by atoms with van der Waals surface area (Å²) in [6.45, 7) is 0. The van der Waals surface area contributed by atoms with Crippen molar-refractivity contribution in [2.24, 2.45) is 5.73 Å². The summed E-state index contributed by atoms with van der Waals surface area (Å²) in [5.41, 5.74) is 4.21. The second kappa shape index (κ2) is 6.66. The molecule has 0 radical (unpaired) electrons. The van der Waals surface area contributed by atoms with Crippen molar-refractivity contribution in [3.8, 4) is 0 Å². The Bertz CT molecular complexity index is 618. The monoisotopic (exact) mass is 315 g/mol. The summed E-state index contributed by atoms with van der Waals surface area (Å²) in [5, 5.41) is 21.4. The number of carbonyl (C=O) groups is 3. The van der Waals surface area contributed by atoms with Gasteiger partial charge in [0.1, 0.15) is 6.04 Å². The Morgan fingerprint density at radius 1 is 1.43 bits per heavy atom. The van der Waals surface area contributed by atoms with Gasteiger partial charge in [-0.2, -0.15) is 0 Å². The van der Waals surface area contributed by atoms with Gasteiger partial charge in [-0.3, -0.25) is 19.7 Å². The van der Waals surface area contributed by atoms with Crippen LogP contribution in [0.4, 0.5) is 5.69 Å². The summed E-state index contributed by atoms with van der Waals surface area (Å²) in [4.78, 5) is 43.4. The molecule has 0 saturated carbocycles. The topological polar surface area (TPSA) is 153 Å². The van der Waals surface area contributed by atoms with Crippen LogP contribution < -0.4 is 11.1 Å². The van der Waals surface area contributed by atoms with E-state index in [0.717, 1.165) is 18.2 Å². The van der Waals surface area contributed by atoms with Gasteiger partial charge >= 0.3 is 5.97 Å². The lowest BCUT2D eigenvalue weighted by molar-refractivity contribution is -0.384. The van der Waals surface area contributed by atoms with Gasteiger partial charge in [-0.05, 0) is 6.07 Å². The number of carboxylic acid groups (broad SMARTS) is 1. The molecule has 1 aromatic carbocycles. The predicted octanol–water partition coefficient (Wildman–Crippen LogP) is 0.307. The van der Waals surface area contributed by atoms with E-state index in [-0.39, 0.29) is 16.3 Å². The second-order valence-corrected chi connectivity index (χ2v) is 4.36. The Morgan fingerprint density at radius 3 is 2.52 bits per heavy atom. The molecule has 0 aromatic heterocycles. The van der Waals surface area contributed by atoms with E-state index in [9.17, 15) is 24.5 Å². The quantitative estimate of drug-likeness (QED) is 0.507. The van der Waals surface area contributed by atoms with E-state index in [1.165, 1.54) is 0 Å². The average molecular weight is 316 g/mol. The molecule has 2 amide bonds. The number of nitrogens with zero attached hydrogens (tertiary/aromatic N) is 1. The number of non-ortho nitro benzene ring substituents is 1. The molecule has 0 aliphatic heterocycles. The highest BCUT2D eigenvalue weighted by Crippen LogP contribution is 2.22. The zero-order chi connectivity index (χ0) is 16.2. The number of carbonyl (C=O) groups excluding carboxylic acids is 2. The SMILES string of the molecule is NC(=O)CC(NC(=O)c1cc([N+](=O)[O-])ccc1Cl)C(=O)O. The van der Waals surface area contributed by atoms with Gasteiger partial charge in [-0.25, -0.2) is 4.79 Å². The first-order chi connectivity index (χ1) is 9.72. The minimum atomic E-state index is -1.55. The van der Waals surface area contributed by atoms with Gasteiger partial charge in [0.2, 0.25) is 5.91 Å². The van der Waals surface area contributed by atoms with Crippen LogP contribution in [0.25, 0.3) is 0 Å². The van der Waals surface area contributed by atoms with Crippen LogP contribution in [-0.2, 0) is 9.59 Å². The third kappa shape index (κ3) is 4.42. The Morgan fingerprint density at radius 2 is 2.05 bits per heavy atom. The van der Waals surface area contributed by atoms with Gasteiger partial charge < -0.3 is 16.2 Å². The van der Waals surface area contributed by atoms with E-state index < -0.39 is 35.2 Å². The van der Waals surface area contributed by atoms with Crippen molar-refractivity contribution >= 4 is 35.1 Å². The number of nitro benzene ring substituents is 1. The van der Waals surface area contributed by atoms with Crippen molar-refractivity contribution < 1.29 is 24.4 Å². The van der Waals surface area contributed by atoms with Gasteiger partial charge in [-0.15, -0.1) is 0 Å². The fraction of sp³-hybridized carbons (Fsp3) is 0.182. The summed E-state index contributed by atoms with van der Waals surface area (Å²) < 4.78 is 0. The zero-order valence-corrected chi connectivity index (χ0v) is 11.2. The van der Waals surface area contributed by atoms with Crippen LogP contribution in [0.2, 0.25) is 5.02 Å². The molecule has 112 valence electrons. The van der Waals surface area contributed by atoms with E-state index in [4.69, 9.17) is 22.4 Å². The third-order valence-corrected chi connectivity index (χ3v) is 2.74. The zero-order valence-electron chi connectivity index (χ0n) is 10.4. The van der Waals surface area contributed by atoms with Crippen molar-refractivity contribution in [3.63, 3.8) is 0 Å². The molecule has 0 spiro atoms. The maximum atomic E-state index is 11.9. The predicted molar refractivity (Wildman–Crippen MR) is 70.8 cm³/mol. The number of nitrogens with one attached hydrogen (secondary N) is 1. The molecule has 0 fully saturated rings. The lowest BCUT2D eigenvalue weighted by Crippen LogP contribution is -2.43. The van der Waals surface area contributed by atoms with Gasteiger partial charge in [0.15, 0.2) is 0 Å². The number of primary amides is 1. The molecule has 9 nitrogen and oxygen atoms in total. The van der Waals surface area contributed by atoms with Crippen LogP contribution in [0, 0.1) is 10.1 Å². The van der Waals surface area contributed by atoms with Gasteiger partial charge in [0, 0.05) is 12.1 Å². The maximum absolute atomic E-state index is 11.9. The van der Waals surface area contributed by atoms with Crippen molar-refractivity contribution in [2.45, 2.75) is 12.5 Å². The van der Waals surface area contributed by atoms with Gasteiger partial charge in [0.25, 0.3) is 11.6 Å². The standard InChI is InChI=1S/C11H10ClN3O6/c12-7-2-1-5(15(20)21)3-6(7)10(17)14-8(11(18)19)4-9(13)16/h1-3,8H,4H2,(H2,13,16)(H,14,17)(H,18,19). The van der Waals surface area contributed by atoms with Crippen molar-refractivity contribution in [1.29, 1.82) is 0 Å². The molecular weight excluding hydrogens is 306 g/mol. The number of benzene rings is 1. The van der Waals surface area contributed by atoms with Crippen LogP contribution >= 0.6 is 11.6 Å². The largest absolute Gasteiger partial charge is 0.480 e. The van der Waals surface area contributed by atoms with Crippen molar-refractivity contribution in [2.75, 3.05) is 0 Å². The number of rotatable bonds is 6. The van der Waals surface area contributed by atoms with Crippen LogP contribution in [0.5, 0.6) is 0 Å². The highest BCUT2D eigenvalue weighted by Gasteiger charge is 2.24. The van der Waals surface area contributed by atoms with E-state index in [1.807, 2.05) is 5.32 Å². The molecule has 4 N–H and O–H groups in total. The molecule has 21 heavy (non-hydrogen) atoms. The van der Waals surface area contributed by atoms with E-state index in [1.54, 1.807) is 0 Å². The Hall–Kier alpha value is -2.68. The first kappa shape index (κ1) is 16.4. The maximum Gasteiger partial charge on any atom is 0.326 e. The van der Waals surface area contributed by atoms with E-state index in [0.29, 0.717) is 0 Å². The van der Waals surface area contributed by atoms with Crippen LogP contribution in [0.1, 0.15) is 16.8 Å². The molecule has 0 aliphatic rings. The van der Waals surface area contributed by atoms with E-state index >= 15 is 0 Å². The average Bonchev–Trinajstić information content (AvgIpc) is 2.37. The highest BCUT2D eigenvalue weighted by atomic mass is 35.5. The van der Waals surface area contributed by atoms with Crippen LogP contribution in [-0.4, -0.2) is 33.9 Å². The number of hydrogen-bond acceptors (Lipinski definition) is 5. The lowest BCUT2D eigenvalue weighted by atomic mass is 10.1. The molecule has 0 bridgehead atoms. The lowest BCUT2D eigenvalue weighted by Gasteiger charge is -2.13. The Labute approximate surface area is 122 Å². The number of nitrogens with two attached hydrogens (primary N) is 1. The van der Waals surface area contributed by atoms with Gasteiger partial charge in [0.05, 0.1) is 21.9 Å². The normalized spacial score (nSPS) is 11.5.